The second-order valence-corrected chi connectivity index (χ2v) is 3.70. The predicted octanol–water partition coefficient (Wildman–Crippen LogP) is 2.01. The molecule has 1 atom stereocenters. The topological polar surface area (TPSA) is 47.3 Å². The molecule has 74 valence electrons. The summed E-state index contributed by atoms with van der Waals surface area (Å²) in [6.45, 7) is 0. The van der Waals surface area contributed by atoms with Crippen LogP contribution < -0.4 is 0 Å². The third-order valence-electron chi connectivity index (χ3n) is 2.81. The molecule has 14 heavy (non-hydrogen) atoms. The largest absolute Gasteiger partial charge is 0.288 e. The smallest absolute Gasteiger partial charge is 0.128 e. The van der Waals surface area contributed by atoms with Gasteiger partial charge in [0.2, 0.25) is 0 Å². The Morgan fingerprint density at radius 1 is 1.50 bits per heavy atom. The molecule has 0 fully saturated rings. The minimum atomic E-state index is 0.0706. The number of nitrogens with zero attached hydrogens (tertiary/aromatic N) is 1. The molecule has 2 N–H and O–H groups in total. The first-order valence-corrected chi connectivity index (χ1v) is 4.79. The third kappa shape index (κ3) is 1.40. The fraction of sp³-hybridized carbons (Fsp3) is 0.364. The summed E-state index contributed by atoms with van der Waals surface area (Å²) in [5.74, 6) is 0.358. The normalized spacial score (nSPS) is 19.1. The molecule has 3 heteroatoms. The van der Waals surface area contributed by atoms with Crippen LogP contribution in [0.2, 0.25) is 0 Å². The van der Waals surface area contributed by atoms with Gasteiger partial charge in [-0.3, -0.25) is 10.6 Å². The first-order valence-electron chi connectivity index (χ1n) is 4.79. The molecule has 1 aliphatic rings. The van der Waals surface area contributed by atoms with E-state index in [0.29, 0.717) is 0 Å². The maximum absolute atomic E-state index is 9.22. The van der Waals surface area contributed by atoms with Crippen LogP contribution in [0.25, 0.3) is 0 Å². The fourth-order valence-corrected chi connectivity index (χ4v) is 2.07. The van der Waals surface area contributed by atoms with Crippen LogP contribution in [0.4, 0.5) is 0 Å². The summed E-state index contributed by atoms with van der Waals surface area (Å²) in [6.07, 6.45) is 1.94. The lowest BCUT2D eigenvalue weighted by atomic mass is 10.0. The van der Waals surface area contributed by atoms with Crippen molar-refractivity contribution < 1.29 is 5.21 Å². The predicted molar refractivity (Wildman–Crippen MR) is 54.8 cm³/mol. The van der Waals surface area contributed by atoms with Crippen LogP contribution in [0.3, 0.4) is 0 Å². The van der Waals surface area contributed by atoms with Crippen molar-refractivity contribution in [1.82, 2.24) is 5.06 Å². The van der Waals surface area contributed by atoms with E-state index in [0.717, 1.165) is 17.9 Å². The maximum Gasteiger partial charge on any atom is 0.128 e. The van der Waals surface area contributed by atoms with Crippen molar-refractivity contribution >= 4 is 5.84 Å². The molecule has 1 aromatic carbocycles. The number of fused-ring (bicyclic) bond motifs is 1. The van der Waals surface area contributed by atoms with E-state index in [2.05, 4.69) is 6.07 Å². The summed E-state index contributed by atoms with van der Waals surface area (Å²) in [7, 11) is 1.50. The van der Waals surface area contributed by atoms with Crippen LogP contribution >= 0.6 is 0 Å². The number of rotatable bonds is 1. The lowest BCUT2D eigenvalue weighted by molar-refractivity contribution is 0.00864. The van der Waals surface area contributed by atoms with Crippen LogP contribution in [0, 0.1) is 5.41 Å². The van der Waals surface area contributed by atoms with Gasteiger partial charge in [-0.25, -0.2) is 5.06 Å². The second-order valence-electron chi connectivity index (χ2n) is 3.70. The lowest BCUT2D eigenvalue weighted by Crippen LogP contribution is -2.26. The van der Waals surface area contributed by atoms with E-state index >= 15 is 0 Å². The maximum atomic E-state index is 9.22. The SMILES string of the molecule is CN(O)C(=N)C1CCc2ccccc21. The van der Waals surface area contributed by atoms with Gasteiger partial charge in [0.1, 0.15) is 5.84 Å². The Kier molecular flexibility index (Phi) is 2.25. The molecule has 0 amide bonds. The van der Waals surface area contributed by atoms with Crippen molar-refractivity contribution in [3.05, 3.63) is 35.4 Å². The molecular formula is C11H14N2O. The third-order valence-corrected chi connectivity index (χ3v) is 2.81. The number of hydroxylamine groups is 2. The van der Waals surface area contributed by atoms with E-state index in [1.807, 2.05) is 18.2 Å². The molecule has 2 rings (SSSR count). The van der Waals surface area contributed by atoms with Crippen molar-refractivity contribution in [3.63, 3.8) is 0 Å². The monoisotopic (exact) mass is 190 g/mol. The minimum Gasteiger partial charge on any atom is -0.288 e. The zero-order chi connectivity index (χ0) is 10.1. The molecule has 0 aliphatic heterocycles. The van der Waals surface area contributed by atoms with Gasteiger partial charge in [0.15, 0.2) is 0 Å². The van der Waals surface area contributed by atoms with Crippen LogP contribution in [0.1, 0.15) is 23.5 Å². The van der Waals surface area contributed by atoms with Gasteiger partial charge >= 0.3 is 0 Å². The van der Waals surface area contributed by atoms with Crippen LogP contribution in [-0.2, 0) is 6.42 Å². The number of hydrogen-bond donors (Lipinski definition) is 2. The Morgan fingerprint density at radius 3 is 2.93 bits per heavy atom. The van der Waals surface area contributed by atoms with Crippen molar-refractivity contribution in [3.8, 4) is 0 Å². The number of hydrogen-bond acceptors (Lipinski definition) is 2. The average molecular weight is 190 g/mol. The number of nitrogens with one attached hydrogen (secondary N) is 1. The van der Waals surface area contributed by atoms with Gasteiger partial charge in [0.25, 0.3) is 0 Å². The molecule has 3 nitrogen and oxygen atoms in total. The molecule has 1 aliphatic carbocycles. The van der Waals surface area contributed by atoms with E-state index in [4.69, 9.17) is 5.41 Å². The number of benzene rings is 1. The Hall–Kier alpha value is -1.35. The molecule has 0 saturated carbocycles. The molecule has 0 aromatic heterocycles. The average Bonchev–Trinajstić information content (AvgIpc) is 2.60. The summed E-state index contributed by atoms with van der Waals surface area (Å²) in [5, 5.41) is 17.9. The standard InChI is InChI=1S/C11H14N2O/c1-13(14)11(12)10-7-6-8-4-2-3-5-9(8)10/h2-5,10,12,14H,6-7H2,1H3. The quantitative estimate of drug-likeness (QED) is 0.404. The van der Waals surface area contributed by atoms with Gasteiger partial charge in [-0.15, -0.1) is 0 Å². The summed E-state index contributed by atoms with van der Waals surface area (Å²) in [5.41, 5.74) is 2.50. The molecule has 0 spiro atoms. The first-order chi connectivity index (χ1) is 6.70. The van der Waals surface area contributed by atoms with Gasteiger partial charge in [-0.2, -0.15) is 0 Å². The van der Waals surface area contributed by atoms with E-state index < -0.39 is 0 Å². The highest BCUT2D eigenvalue weighted by Gasteiger charge is 2.26. The summed E-state index contributed by atoms with van der Waals surface area (Å²) in [6, 6.07) is 8.15. The molecule has 0 bridgehead atoms. The van der Waals surface area contributed by atoms with E-state index in [9.17, 15) is 5.21 Å². The molecule has 0 radical (unpaired) electrons. The number of likely N-dealkylation sites (N-methyl/N-ethyl adjacent to an activating group) is 1. The highest BCUT2D eigenvalue weighted by molar-refractivity contribution is 5.86. The van der Waals surface area contributed by atoms with Crippen LogP contribution in [0.15, 0.2) is 24.3 Å². The Balaban J connectivity index is 2.30. The van der Waals surface area contributed by atoms with E-state index in [-0.39, 0.29) is 11.8 Å². The van der Waals surface area contributed by atoms with Crippen molar-refractivity contribution in [2.45, 2.75) is 18.8 Å². The van der Waals surface area contributed by atoms with Crippen LogP contribution in [-0.4, -0.2) is 23.2 Å². The Labute approximate surface area is 83.4 Å². The summed E-state index contributed by atoms with van der Waals surface area (Å²) < 4.78 is 0. The lowest BCUT2D eigenvalue weighted by Gasteiger charge is -2.18. The van der Waals surface area contributed by atoms with Gasteiger partial charge < -0.3 is 0 Å². The van der Waals surface area contributed by atoms with Crippen LogP contribution in [0.5, 0.6) is 0 Å². The second kappa shape index (κ2) is 3.42. The molecule has 1 aromatic rings. The molecule has 0 saturated heterocycles. The highest BCUT2D eigenvalue weighted by Crippen LogP contribution is 2.33. The van der Waals surface area contributed by atoms with E-state index in [1.54, 1.807) is 0 Å². The fourth-order valence-electron chi connectivity index (χ4n) is 2.07. The van der Waals surface area contributed by atoms with Gasteiger partial charge in [0, 0.05) is 13.0 Å². The van der Waals surface area contributed by atoms with Gasteiger partial charge in [0.05, 0.1) is 0 Å². The Morgan fingerprint density at radius 2 is 2.21 bits per heavy atom. The Bertz CT molecular complexity index is 360. The van der Waals surface area contributed by atoms with Gasteiger partial charge in [-0.05, 0) is 24.0 Å². The highest BCUT2D eigenvalue weighted by atomic mass is 16.5. The molecule has 0 heterocycles. The zero-order valence-corrected chi connectivity index (χ0v) is 8.20. The molecule has 1 unspecified atom stereocenters. The van der Waals surface area contributed by atoms with Crippen molar-refractivity contribution in [2.24, 2.45) is 0 Å². The zero-order valence-electron chi connectivity index (χ0n) is 8.20. The summed E-state index contributed by atoms with van der Waals surface area (Å²) in [4.78, 5) is 0. The molecular weight excluding hydrogens is 176 g/mol. The first kappa shape index (κ1) is 9.21. The number of amidine groups is 1. The van der Waals surface area contributed by atoms with Crippen molar-refractivity contribution in [1.29, 1.82) is 5.41 Å². The van der Waals surface area contributed by atoms with Crippen molar-refractivity contribution in [2.75, 3.05) is 7.05 Å². The number of aryl methyl sites for hydroxylation is 1. The van der Waals surface area contributed by atoms with Gasteiger partial charge in [-0.1, -0.05) is 24.3 Å². The van der Waals surface area contributed by atoms with E-state index in [1.165, 1.54) is 18.2 Å². The minimum absolute atomic E-state index is 0.0706. The summed E-state index contributed by atoms with van der Waals surface area (Å²) >= 11 is 0.